The van der Waals surface area contributed by atoms with Gasteiger partial charge in [-0.3, -0.25) is 0 Å². The van der Waals surface area contributed by atoms with Crippen LogP contribution in [0.25, 0.3) is 0 Å². The van der Waals surface area contributed by atoms with Crippen molar-refractivity contribution < 1.29 is 52.7 Å². The van der Waals surface area contributed by atoms with E-state index in [-0.39, 0.29) is 0 Å². The van der Waals surface area contributed by atoms with E-state index in [1.165, 1.54) is 0 Å². The molecule has 0 aromatic carbocycles. The van der Waals surface area contributed by atoms with E-state index in [2.05, 4.69) is 0 Å². The summed E-state index contributed by atoms with van der Waals surface area (Å²) in [4.78, 5) is 0. The topological polar surface area (TPSA) is 0 Å². The minimum absolute atomic E-state index is 2.29. The Morgan fingerprint density at radius 1 is 0.500 bits per heavy atom. The van der Waals surface area contributed by atoms with Crippen molar-refractivity contribution in [1.82, 2.24) is 0 Å². The van der Waals surface area contributed by atoms with E-state index in [1.54, 1.807) is 0 Å². The summed E-state index contributed by atoms with van der Waals surface area (Å²) < 4.78 is 148. The van der Waals surface area contributed by atoms with Crippen molar-refractivity contribution in [2.75, 3.05) is 18.5 Å². The second kappa shape index (κ2) is 7.44. The van der Waals surface area contributed by atoms with Crippen molar-refractivity contribution >= 4 is 7.92 Å². The van der Waals surface area contributed by atoms with Crippen molar-refractivity contribution in [1.29, 1.82) is 0 Å². The second-order valence-electron chi connectivity index (χ2n) is 4.33. The Hall–Kier alpha value is -0.410. The van der Waals surface area contributed by atoms with Crippen molar-refractivity contribution in [3.05, 3.63) is 0 Å². The molecule has 13 heteroatoms. The van der Waals surface area contributed by atoms with Gasteiger partial charge < -0.3 is 0 Å². The van der Waals surface area contributed by atoms with E-state index < -0.39 is 63.5 Å². The Morgan fingerprint density at radius 2 is 0.682 bits per heavy atom. The molecule has 0 saturated carbocycles. The first kappa shape index (κ1) is 21.6. The lowest BCUT2D eigenvalue weighted by Crippen LogP contribution is -2.39. The summed E-state index contributed by atoms with van der Waals surface area (Å²) in [6, 6.07) is 0. The maximum Gasteiger partial charge on any atom is 0.311 e. The summed E-state index contributed by atoms with van der Waals surface area (Å²) in [6.45, 7) is 0. The van der Waals surface area contributed by atoms with Crippen molar-refractivity contribution in [2.24, 2.45) is 0 Å². The molecule has 0 N–H and O–H groups in total. The first-order valence-corrected chi connectivity index (χ1v) is 7.22. The number of halogens is 12. The monoisotopic (exact) mass is 376 g/mol. The first-order chi connectivity index (χ1) is 9.62. The third-order valence-corrected chi connectivity index (χ3v) is 4.87. The molecule has 0 aliphatic heterocycles. The molecule has 0 nitrogen and oxygen atoms in total. The van der Waals surface area contributed by atoms with E-state index in [0.717, 1.165) is 0 Å². The molecule has 0 unspecified atom stereocenters. The maximum absolute atomic E-state index is 12.8. The van der Waals surface area contributed by atoms with Gasteiger partial charge in [0.25, 0.3) is 0 Å². The van der Waals surface area contributed by atoms with Crippen LogP contribution in [-0.2, 0) is 0 Å². The molecule has 0 aromatic rings. The van der Waals surface area contributed by atoms with Gasteiger partial charge in [-0.25, -0.2) is 26.3 Å². The lowest BCUT2D eigenvalue weighted by atomic mass is 10.4. The molecule has 0 aliphatic carbocycles. The average Bonchev–Trinajstić information content (AvgIpc) is 2.25. The molecule has 0 fully saturated rings. The predicted molar refractivity (Wildman–Crippen MR) is 54.4 cm³/mol. The molecule has 0 heterocycles. The van der Waals surface area contributed by atoms with Crippen LogP contribution in [0.1, 0.15) is 0 Å². The zero-order chi connectivity index (χ0) is 17.9. The molecule has 0 aromatic heterocycles. The van der Waals surface area contributed by atoms with Gasteiger partial charge in [-0.05, 0) is 0 Å². The summed E-state index contributed by atoms with van der Waals surface area (Å²) in [5.74, 6) is -15.1. The van der Waals surface area contributed by atoms with Crippen LogP contribution in [0.2, 0.25) is 0 Å². The van der Waals surface area contributed by atoms with Gasteiger partial charge in [-0.1, -0.05) is 7.92 Å². The minimum atomic E-state index is -5.03. The van der Waals surface area contributed by atoms with E-state index in [1.807, 2.05) is 0 Å². The fraction of sp³-hybridized carbons (Fsp3) is 1.00. The van der Waals surface area contributed by atoms with E-state index in [4.69, 9.17) is 0 Å². The molecule has 0 amide bonds. The number of hydrogen-bond acceptors (Lipinski definition) is 0. The maximum atomic E-state index is 12.8. The summed E-state index contributed by atoms with van der Waals surface area (Å²) in [7, 11) is -3.61. The lowest BCUT2D eigenvalue weighted by Gasteiger charge is -2.29. The fourth-order valence-electron chi connectivity index (χ4n) is 1.27. The minimum Gasteiger partial charge on any atom is -0.204 e. The Labute approximate surface area is 117 Å². The highest BCUT2D eigenvalue weighted by Gasteiger charge is 2.52. The molecule has 22 heavy (non-hydrogen) atoms. The first-order valence-electron chi connectivity index (χ1n) is 5.32. The van der Waals surface area contributed by atoms with Crippen LogP contribution < -0.4 is 0 Å². The summed E-state index contributed by atoms with van der Waals surface area (Å²) in [5, 5.41) is 0. The molecular weight excluding hydrogens is 367 g/mol. The molecule has 0 bridgehead atoms. The van der Waals surface area contributed by atoms with Crippen LogP contribution in [0.5, 0.6) is 0 Å². The second-order valence-corrected chi connectivity index (χ2v) is 6.62. The third kappa shape index (κ3) is 6.37. The SMILES string of the molecule is FC(F)C(F)(F)CP(CC(F)(F)C(F)F)CC(F)(F)C(F)F. The summed E-state index contributed by atoms with van der Waals surface area (Å²) in [5.41, 5.74) is 0. The Kier molecular flexibility index (Phi) is 7.30. The number of hydrogen-bond donors (Lipinski definition) is 0. The highest BCUT2D eigenvalue weighted by Crippen LogP contribution is 2.51. The highest BCUT2D eigenvalue weighted by atomic mass is 31.1. The summed E-state index contributed by atoms with van der Waals surface area (Å²) in [6.07, 6.45) is -20.2. The Bertz CT molecular complexity index is 289. The van der Waals surface area contributed by atoms with Crippen LogP contribution in [0.4, 0.5) is 52.7 Å². The van der Waals surface area contributed by atoms with Gasteiger partial charge in [-0.2, -0.15) is 26.3 Å². The third-order valence-electron chi connectivity index (χ3n) is 2.26. The average molecular weight is 376 g/mol. The van der Waals surface area contributed by atoms with Crippen molar-refractivity contribution in [3.63, 3.8) is 0 Å². The number of rotatable bonds is 9. The van der Waals surface area contributed by atoms with Crippen molar-refractivity contribution in [2.45, 2.75) is 37.0 Å². The largest absolute Gasteiger partial charge is 0.311 e. The molecule has 0 aliphatic rings. The lowest BCUT2D eigenvalue weighted by molar-refractivity contribution is -0.120. The zero-order valence-corrected chi connectivity index (χ0v) is 11.2. The molecular formula is C9H9F12P. The van der Waals surface area contributed by atoms with Crippen LogP contribution in [0.15, 0.2) is 0 Å². The van der Waals surface area contributed by atoms with Crippen LogP contribution in [0, 0.1) is 0 Å². The smallest absolute Gasteiger partial charge is 0.204 e. The van der Waals surface area contributed by atoms with Gasteiger partial charge in [-0.15, -0.1) is 0 Å². The van der Waals surface area contributed by atoms with Crippen molar-refractivity contribution in [3.8, 4) is 0 Å². The zero-order valence-electron chi connectivity index (χ0n) is 10.3. The molecule has 0 spiro atoms. The van der Waals surface area contributed by atoms with E-state index in [9.17, 15) is 52.7 Å². The van der Waals surface area contributed by atoms with Gasteiger partial charge in [0.15, 0.2) is 0 Å². The van der Waals surface area contributed by atoms with Gasteiger partial charge in [0.05, 0.1) is 0 Å². The normalized spacial score (nSPS) is 14.7. The molecule has 0 saturated heterocycles. The van der Waals surface area contributed by atoms with Gasteiger partial charge in [0.2, 0.25) is 0 Å². The van der Waals surface area contributed by atoms with Gasteiger partial charge >= 0.3 is 37.0 Å². The quantitative estimate of drug-likeness (QED) is 0.385. The molecule has 0 radical (unpaired) electrons. The van der Waals surface area contributed by atoms with E-state index >= 15 is 0 Å². The molecule has 0 rings (SSSR count). The summed E-state index contributed by atoms with van der Waals surface area (Å²) >= 11 is 0. The van der Waals surface area contributed by atoms with Gasteiger partial charge in [0, 0.05) is 18.5 Å². The highest BCUT2D eigenvalue weighted by molar-refractivity contribution is 7.57. The number of alkyl halides is 12. The Morgan fingerprint density at radius 3 is 0.818 bits per heavy atom. The molecule has 134 valence electrons. The van der Waals surface area contributed by atoms with Gasteiger partial charge in [0.1, 0.15) is 0 Å². The molecule has 0 atom stereocenters. The Balaban J connectivity index is 5.25. The van der Waals surface area contributed by atoms with Crippen LogP contribution in [-0.4, -0.2) is 55.5 Å². The van der Waals surface area contributed by atoms with Crippen LogP contribution >= 0.6 is 7.92 Å². The fourth-order valence-corrected chi connectivity index (χ4v) is 3.81. The van der Waals surface area contributed by atoms with Crippen LogP contribution in [0.3, 0.4) is 0 Å². The predicted octanol–water partition coefficient (Wildman–Crippen LogP) is 5.17. The van der Waals surface area contributed by atoms with E-state index in [0.29, 0.717) is 0 Å². The standard InChI is InChI=1S/C9H9F12P/c10-4(11)7(16,17)1-22(2-8(18,19)5(12)13)3-9(20,21)6(14)15/h4-6H,1-3H2.